The van der Waals surface area contributed by atoms with E-state index >= 15 is 0 Å². The third kappa shape index (κ3) is 4.81. The highest BCUT2D eigenvalue weighted by molar-refractivity contribution is 6.40. The highest BCUT2D eigenvalue weighted by Gasteiger charge is 2.35. The molecule has 1 aliphatic rings. The average Bonchev–Trinajstić information content (AvgIpc) is 3.16. The molecule has 7 nitrogen and oxygen atoms in total. The zero-order valence-corrected chi connectivity index (χ0v) is 17.0. The Labute approximate surface area is 171 Å². The minimum absolute atomic E-state index is 0.0266. The van der Waals surface area contributed by atoms with Gasteiger partial charge in [0.15, 0.2) is 0 Å². The number of carbonyl (C=O) groups excluding carboxylic acids is 2. The fourth-order valence-corrected chi connectivity index (χ4v) is 3.37. The molecule has 0 radical (unpaired) electrons. The summed E-state index contributed by atoms with van der Waals surface area (Å²) in [6.07, 6.45) is 0.188. The zero-order chi connectivity index (χ0) is 21.0. The van der Waals surface area contributed by atoms with Gasteiger partial charge in [-0.25, -0.2) is 0 Å². The molecular weight excluding hydrogens is 366 g/mol. The number of carbonyl (C=O) groups is 2. The van der Waals surface area contributed by atoms with E-state index in [0.717, 1.165) is 11.3 Å². The van der Waals surface area contributed by atoms with Crippen LogP contribution in [0.3, 0.4) is 0 Å². The van der Waals surface area contributed by atoms with Gasteiger partial charge in [0.2, 0.25) is 5.91 Å². The lowest BCUT2D eigenvalue weighted by Crippen LogP contribution is -2.40. The van der Waals surface area contributed by atoms with Crippen LogP contribution in [-0.2, 0) is 9.59 Å². The number of amides is 2. The summed E-state index contributed by atoms with van der Waals surface area (Å²) in [6.45, 7) is 2.47. The molecular formula is C22H27N5O2. The van der Waals surface area contributed by atoms with Gasteiger partial charge in [0.05, 0.1) is 11.7 Å². The smallest absolute Gasteiger partial charge is 0.267 e. The van der Waals surface area contributed by atoms with Crippen LogP contribution in [0, 0.1) is 6.92 Å². The molecule has 0 saturated heterocycles. The molecule has 2 atom stereocenters. The van der Waals surface area contributed by atoms with E-state index in [9.17, 15) is 9.59 Å². The fraction of sp³-hybridized carbons (Fsp3) is 0.318. The molecule has 7 heteroatoms. The Bertz CT molecular complexity index is 893. The predicted molar refractivity (Wildman–Crippen MR) is 115 cm³/mol. The molecule has 2 amide bonds. The first-order valence-electron chi connectivity index (χ1n) is 9.59. The second-order valence-corrected chi connectivity index (χ2v) is 7.45. The number of aryl methyl sites for hydroxylation is 1. The molecule has 0 saturated carbocycles. The first kappa shape index (κ1) is 20.5. The monoisotopic (exact) mass is 393 g/mol. The van der Waals surface area contributed by atoms with Crippen molar-refractivity contribution in [1.29, 1.82) is 0 Å². The van der Waals surface area contributed by atoms with E-state index in [1.807, 2.05) is 51.4 Å². The van der Waals surface area contributed by atoms with Crippen LogP contribution in [-0.4, -0.2) is 49.1 Å². The van der Waals surface area contributed by atoms with Gasteiger partial charge < -0.3 is 16.0 Å². The minimum atomic E-state index is -0.667. The van der Waals surface area contributed by atoms with Crippen molar-refractivity contribution in [3.63, 3.8) is 0 Å². The van der Waals surface area contributed by atoms with E-state index in [1.54, 1.807) is 0 Å². The number of nitrogens with one attached hydrogen (secondary N) is 1. The molecule has 3 rings (SSSR count). The van der Waals surface area contributed by atoms with Crippen molar-refractivity contribution in [2.45, 2.75) is 25.4 Å². The third-order valence-corrected chi connectivity index (χ3v) is 5.06. The van der Waals surface area contributed by atoms with E-state index in [0.29, 0.717) is 12.3 Å². The van der Waals surface area contributed by atoms with Crippen LogP contribution >= 0.6 is 0 Å². The molecule has 2 aromatic carbocycles. The first-order valence-corrected chi connectivity index (χ1v) is 9.59. The van der Waals surface area contributed by atoms with Crippen molar-refractivity contribution in [2.24, 2.45) is 10.8 Å². The number of hydrazone groups is 1. The standard InChI is InChI=1S/C22H27N5O2/c1-15-9-11-16(12-10-15)20(26(2)3)14-24-22(29)18-13-19(21(23)28)27(25-18)17-7-5-4-6-8-17/h4-12,19-20H,13-14H2,1-3H3,(H2,23,28)(H,24,29)/t19-,20+/m1/s1. The summed E-state index contributed by atoms with van der Waals surface area (Å²) in [7, 11) is 3.95. The van der Waals surface area contributed by atoms with E-state index in [4.69, 9.17) is 5.73 Å². The van der Waals surface area contributed by atoms with Gasteiger partial charge in [0.1, 0.15) is 11.8 Å². The van der Waals surface area contributed by atoms with Crippen LogP contribution in [0.1, 0.15) is 23.6 Å². The van der Waals surface area contributed by atoms with Gasteiger partial charge in [-0.1, -0.05) is 48.0 Å². The molecule has 152 valence electrons. The summed E-state index contributed by atoms with van der Waals surface area (Å²) < 4.78 is 0. The van der Waals surface area contributed by atoms with Gasteiger partial charge >= 0.3 is 0 Å². The number of primary amides is 1. The van der Waals surface area contributed by atoms with Gasteiger partial charge in [-0.2, -0.15) is 5.10 Å². The zero-order valence-electron chi connectivity index (χ0n) is 17.0. The second-order valence-electron chi connectivity index (χ2n) is 7.45. The Hall–Kier alpha value is -3.19. The number of nitrogens with zero attached hydrogens (tertiary/aromatic N) is 3. The lowest BCUT2D eigenvalue weighted by Gasteiger charge is -2.25. The molecule has 0 fully saturated rings. The molecule has 29 heavy (non-hydrogen) atoms. The van der Waals surface area contributed by atoms with Gasteiger partial charge in [-0.3, -0.25) is 14.6 Å². The Morgan fingerprint density at radius 2 is 1.83 bits per heavy atom. The molecule has 0 aliphatic carbocycles. The van der Waals surface area contributed by atoms with E-state index in [2.05, 4.69) is 39.6 Å². The Kier molecular flexibility index (Phi) is 6.29. The summed E-state index contributed by atoms with van der Waals surface area (Å²) in [4.78, 5) is 26.7. The summed E-state index contributed by atoms with van der Waals surface area (Å²) in [5.74, 6) is -0.792. The van der Waals surface area contributed by atoms with Gasteiger partial charge in [-0.15, -0.1) is 0 Å². The van der Waals surface area contributed by atoms with Crippen molar-refractivity contribution in [1.82, 2.24) is 10.2 Å². The van der Waals surface area contributed by atoms with Crippen molar-refractivity contribution < 1.29 is 9.59 Å². The van der Waals surface area contributed by atoms with Gasteiger partial charge in [0, 0.05) is 13.0 Å². The highest BCUT2D eigenvalue weighted by atomic mass is 16.2. The SMILES string of the molecule is Cc1ccc([C@H](CNC(=O)C2=NN(c3ccccc3)[C@@H](C(N)=O)C2)N(C)C)cc1. The summed E-state index contributed by atoms with van der Waals surface area (Å²) in [6, 6.07) is 16.9. The number of anilines is 1. The number of benzene rings is 2. The molecule has 1 heterocycles. The van der Waals surface area contributed by atoms with Gasteiger partial charge in [-0.05, 0) is 38.7 Å². The molecule has 3 N–H and O–H groups in total. The number of nitrogens with two attached hydrogens (primary N) is 1. The summed E-state index contributed by atoms with van der Waals surface area (Å²) in [5, 5.41) is 8.88. The molecule has 2 aromatic rings. The van der Waals surface area contributed by atoms with Crippen molar-refractivity contribution >= 4 is 23.2 Å². The van der Waals surface area contributed by atoms with E-state index < -0.39 is 11.9 Å². The maximum Gasteiger partial charge on any atom is 0.267 e. The largest absolute Gasteiger partial charge is 0.368 e. The number of hydrogen-bond acceptors (Lipinski definition) is 5. The van der Waals surface area contributed by atoms with Crippen LogP contribution in [0.2, 0.25) is 0 Å². The van der Waals surface area contributed by atoms with Crippen molar-refractivity contribution in [3.05, 3.63) is 65.7 Å². The van der Waals surface area contributed by atoms with E-state index in [1.165, 1.54) is 10.6 Å². The Balaban J connectivity index is 1.72. The second kappa shape index (κ2) is 8.87. The van der Waals surface area contributed by atoms with Crippen molar-refractivity contribution in [2.75, 3.05) is 25.6 Å². The van der Waals surface area contributed by atoms with Crippen LogP contribution < -0.4 is 16.1 Å². The topological polar surface area (TPSA) is 91.0 Å². The maximum atomic E-state index is 12.8. The average molecular weight is 393 g/mol. The molecule has 1 aliphatic heterocycles. The van der Waals surface area contributed by atoms with Crippen LogP contribution in [0.25, 0.3) is 0 Å². The first-order chi connectivity index (χ1) is 13.9. The van der Waals surface area contributed by atoms with Crippen molar-refractivity contribution in [3.8, 4) is 0 Å². The molecule has 0 bridgehead atoms. The van der Waals surface area contributed by atoms with Crippen LogP contribution in [0.5, 0.6) is 0 Å². The highest BCUT2D eigenvalue weighted by Crippen LogP contribution is 2.24. The van der Waals surface area contributed by atoms with Crippen LogP contribution in [0.4, 0.5) is 5.69 Å². The third-order valence-electron chi connectivity index (χ3n) is 5.06. The number of rotatable bonds is 7. The fourth-order valence-electron chi connectivity index (χ4n) is 3.37. The maximum absolute atomic E-state index is 12.8. The lowest BCUT2D eigenvalue weighted by atomic mass is 10.0. The van der Waals surface area contributed by atoms with E-state index in [-0.39, 0.29) is 18.4 Å². The number of para-hydroxylation sites is 1. The molecule has 0 spiro atoms. The summed E-state index contributed by atoms with van der Waals surface area (Å²) >= 11 is 0. The summed E-state index contributed by atoms with van der Waals surface area (Å²) in [5.41, 5.74) is 8.89. The van der Waals surface area contributed by atoms with Gasteiger partial charge in [0.25, 0.3) is 5.91 Å². The van der Waals surface area contributed by atoms with Crippen LogP contribution in [0.15, 0.2) is 59.7 Å². The Morgan fingerprint density at radius 3 is 2.41 bits per heavy atom. The Morgan fingerprint density at radius 1 is 1.17 bits per heavy atom. The normalized spacial score (nSPS) is 17.2. The predicted octanol–water partition coefficient (Wildman–Crippen LogP) is 1.83. The number of likely N-dealkylation sites (N-methyl/N-ethyl adjacent to an activating group) is 1. The number of hydrogen-bond donors (Lipinski definition) is 2. The molecule has 0 unspecified atom stereocenters. The lowest BCUT2D eigenvalue weighted by molar-refractivity contribution is -0.119. The molecule has 0 aromatic heterocycles. The minimum Gasteiger partial charge on any atom is -0.368 e. The quantitative estimate of drug-likeness (QED) is 0.751.